The van der Waals surface area contributed by atoms with E-state index in [4.69, 9.17) is 10.5 Å². The molecule has 1 aromatic carbocycles. The molecule has 0 saturated carbocycles. The molecule has 0 spiro atoms. The number of tetrazole rings is 1. The highest BCUT2D eigenvalue weighted by atomic mass is 79.9. The summed E-state index contributed by atoms with van der Waals surface area (Å²) in [5.74, 6) is 1.33. The van der Waals surface area contributed by atoms with Crippen molar-refractivity contribution in [1.82, 2.24) is 20.2 Å². The zero-order valence-electron chi connectivity index (χ0n) is 11.0. The van der Waals surface area contributed by atoms with Gasteiger partial charge in [-0.25, -0.2) is 4.68 Å². The van der Waals surface area contributed by atoms with Gasteiger partial charge in [0.25, 0.3) is 0 Å². The number of nitrogens with two attached hydrogens (primary N) is 1. The van der Waals surface area contributed by atoms with Gasteiger partial charge in [0.05, 0.1) is 0 Å². The number of rotatable bonds is 3. The Bertz CT molecular complexity index is 594. The third-order valence-electron chi connectivity index (χ3n) is 3.56. The van der Waals surface area contributed by atoms with Crippen LogP contribution in [-0.4, -0.2) is 33.4 Å². The van der Waals surface area contributed by atoms with Crippen molar-refractivity contribution in [2.75, 3.05) is 18.9 Å². The molecule has 1 aromatic heterocycles. The van der Waals surface area contributed by atoms with Crippen LogP contribution in [0.4, 0.5) is 5.69 Å². The van der Waals surface area contributed by atoms with E-state index in [0.717, 1.165) is 48.5 Å². The van der Waals surface area contributed by atoms with Crippen molar-refractivity contribution in [3.8, 4) is 11.4 Å². The Labute approximate surface area is 125 Å². The molecule has 0 unspecified atom stereocenters. The van der Waals surface area contributed by atoms with Crippen LogP contribution in [0, 0.1) is 5.92 Å². The van der Waals surface area contributed by atoms with Gasteiger partial charge in [0.15, 0.2) is 5.82 Å². The van der Waals surface area contributed by atoms with Gasteiger partial charge >= 0.3 is 0 Å². The first-order valence-corrected chi connectivity index (χ1v) is 7.42. The lowest BCUT2D eigenvalue weighted by Crippen LogP contribution is -2.21. The number of ether oxygens (including phenoxy) is 1. The normalized spacial score (nSPS) is 16.4. The van der Waals surface area contributed by atoms with E-state index in [1.165, 1.54) is 0 Å². The van der Waals surface area contributed by atoms with E-state index < -0.39 is 0 Å². The molecule has 20 heavy (non-hydrogen) atoms. The van der Waals surface area contributed by atoms with Gasteiger partial charge in [-0.05, 0) is 63.3 Å². The van der Waals surface area contributed by atoms with Crippen molar-refractivity contribution in [2.45, 2.75) is 19.4 Å². The van der Waals surface area contributed by atoms with Gasteiger partial charge in [0.1, 0.15) is 0 Å². The van der Waals surface area contributed by atoms with Crippen molar-refractivity contribution in [2.24, 2.45) is 5.92 Å². The molecule has 2 aromatic rings. The minimum Gasteiger partial charge on any atom is -0.398 e. The summed E-state index contributed by atoms with van der Waals surface area (Å²) in [6, 6.07) is 5.76. The lowest BCUT2D eigenvalue weighted by Gasteiger charge is -2.21. The van der Waals surface area contributed by atoms with Gasteiger partial charge in [-0.2, -0.15) is 0 Å². The van der Waals surface area contributed by atoms with Crippen LogP contribution in [0.1, 0.15) is 12.8 Å². The summed E-state index contributed by atoms with van der Waals surface area (Å²) in [4.78, 5) is 0. The summed E-state index contributed by atoms with van der Waals surface area (Å²) >= 11 is 3.39. The number of halogens is 1. The lowest BCUT2D eigenvalue weighted by atomic mass is 10.0. The van der Waals surface area contributed by atoms with Crippen LogP contribution in [0.2, 0.25) is 0 Å². The highest BCUT2D eigenvalue weighted by Gasteiger charge is 2.18. The summed E-state index contributed by atoms with van der Waals surface area (Å²) in [6.45, 7) is 2.47. The first-order chi connectivity index (χ1) is 9.74. The molecule has 1 saturated heterocycles. The average Bonchev–Trinajstić information content (AvgIpc) is 2.91. The maximum absolute atomic E-state index is 5.92. The number of anilines is 1. The molecule has 0 atom stereocenters. The second kappa shape index (κ2) is 5.88. The predicted molar refractivity (Wildman–Crippen MR) is 78.9 cm³/mol. The monoisotopic (exact) mass is 337 g/mol. The molecule has 1 aliphatic rings. The number of nitrogen functional groups attached to an aromatic ring is 1. The van der Waals surface area contributed by atoms with Gasteiger partial charge < -0.3 is 10.5 Å². The van der Waals surface area contributed by atoms with E-state index in [9.17, 15) is 0 Å². The smallest absolute Gasteiger partial charge is 0.182 e. The van der Waals surface area contributed by atoms with Crippen molar-refractivity contribution >= 4 is 21.6 Å². The molecule has 0 amide bonds. The molecule has 3 rings (SSSR count). The van der Waals surface area contributed by atoms with E-state index >= 15 is 0 Å². The Balaban J connectivity index is 1.83. The van der Waals surface area contributed by atoms with Crippen LogP contribution in [-0.2, 0) is 11.3 Å². The topological polar surface area (TPSA) is 78.9 Å². The Morgan fingerprint density at radius 3 is 2.90 bits per heavy atom. The molecule has 2 N–H and O–H groups in total. The second-order valence-corrected chi connectivity index (χ2v) is 5.83. The highest BCUT2D eigenvalue weighted by Crippen LogP contribution is 2.26. The fourth-order valence-electron chi connectivity index (χ4n) is 2.39. The maximum Gasteiger partial charge on any atom is 0.182 e. The van der Waals surface area contributed by atoms with Crippen molar-refractivity contribution < 1.29 is 4.74 Å². The van der Waals surface area contributed by atoms with E-state index in [2.05, 4.69) is 31.5 Å². The van der Waals surface area contributed by atoms with Gasteiger partial charge in [-0.3, -0.25) is 0 Å². The standard InChI is InChI=1S/C13H16BrN5O/c14-11-2-1-10(7-12(11)15)13-16-17-18-19(13)8-9-3-5-20-6-4-9/h1-2,7,9H,3-6,8,15H2. The Morgan fingerprint density at radius 2 is 2.15 bits per heavy atom. The second-order valence-electron chi connectivity index (χ2n) is 4.98. The fraction of sp³-hybridized carbons (Fsp3) is 0.462. The third-order valence-corrected chi connectivity index (χ3v) is 4.28. The molecule has 0 aliphatic carbocycles. The number of hydrogen-bond donors (Lipinski definition) is 1. The molecular weight excluding hydrogens is 322 g/mol. The molecule has 2 heterocycles. The van der Waals surface area contributed by atoms with Gasteiger partial charge in [0.2, 0.25) is 0 Å². The number of aromatic nitrogens is 4. The fourth-order valence-corrected chi connectivity index (χ4v) is 2.64. The largest absolute Gasteiger partial charge is 0.398 e. The summed E-state index contributed by atoms with van der Waals surface area (Å²) in [5.41, 5.74) is 7.54. The number of benzene rings is 1. The first kappa shape index (κ1) is 13.5. The zero-order valence-corrected chi connectivity index (χ0v) is 12.6. The Kier molecular flexibility index (Phi) is 3.98. The minimum atomic E-state index is 0.568. The van der Waals surface area contributed by atoms with Crippen LogP contribution in [0.25, 0.3) is 11.4 Å². The van der Waals surface area contributed by atoms with Crippen LogP contribution in [0.3, 0.4) is 0 Å². The summed E-state index contributed by atoms with van der Waals surface area (Å²) < 4.78 is 8.12. The molecule has 106 valence electrons. The van der Waals surface area contributed by atoms with E-state index in [0.29, 0.717) is 11.6 Å². The quantitative estimate of drug-likeness (QED) is 0.867. The van der Waals surface area contributed by atoms with E-state index in [1.54, 1.807) is 0 Å². The van der Waals surface area contributed by atoms with Gasteiger partial charge in [0, 0.05) is 35.5 Å². The average molecular weight is 338 g/mol. The van der Waals surface area contributed by atoms with Crippen molar-refractivity contribution in [1.29, 1.82) is 0 Å². The van der Waals surface area contributed by atoms with E-state index in [-0.39, 0.29) is 0 Å². The summed E-state index contributed by atoms with van der Waals surface area (Å²) in [7, 11) is 0. The van der Waals surface area contributed by atoms with Crippen LogP contribution in [0.15, 0.2) is 22.7 Å². The molecule has 6 nitrogen and oxygen atoms in total. The molecule has 7 heteroatoms. The van der Waals surface area contributed by atoms with Crippen molar-refractivity contribution in [3.63, 3.8) is 0 Å². The third kappa shape index (κ3) is 2.83. The van der Waals surface area contributed by atoms with E-state index in [1.807, 2.05) is 22.9 Å². The first-order valence-electron chi connectivity index (χ1n) is 6.63. The maximum atomic E-state index is 5.92. The molecule has 1 fully saturated rings. The Hall–Kier alpha value is -1.47. The predicted octanol–water partition coefficient (Wildman–Crippen LogP) is 2.11. The molecule has 0 radical (unpaired) electrons. The lowest BCUT2D eigenvalue weighted by molar-refractivity contribution is 0.0601. The van der Waals surface area contributed by atoms with Crippen molar-refractivity contribution in [3.05, 3.63) is 22.7 Å². The zero-order chi connectivity index (χ0) is 13.9. The highest BCUT2D eigenvalue weighted by molar-refractivity contribution is 9.10. The van der Waals surface area contributed by atoms with Gasteiger partial charge in [-0.15, -0.1) is 5.10 Å². The summed E-state index contributed by atoms with van der Waals surface area (Å²) in [6.07, 6.45) is 2.11. The summed E-state index contributed by atoms with van der Waals surface area (Å²) in [5, 5.41) is 12.0. The van der Waals surface area contributed by atoms with Crippen LogP contribution < -0.4 is 5.73 Å². The minimum absolute atomic E-state index is 0.568. The van der Waals surface area contributed by atoms with Crippen LogP contribution >= 0.6 is 15.9 Å². The Morgan fingerprint density at radius 1 is 1.35 bits per heavy atom. The number of nitrogens with zero attached hydrogens (tertiary/aromatic N) is 4. The molecule has 1 aliphatic heterocycles. The number of hydrogen-bond acceptors (Lipinski definition) is 5. The van der Waals surface area contributed by atoms with Gasteiger partial charge in [-0.1, -0.05) is 0 Å². The van der Waals surface area contributed by atoms with Crippen LogP contribution in [0.5, 0.6) is 0 Å². The molecular formula is C13H16BrN5O. The molecule has 0 bridgehead atoms. The SMILES string of the molecule is Nc1cc(-c2nnnn2CC2CCOCC2)ccc1Br.